The fourth-order valence-corrected chi connectivity index (χ4v) is 3.31. The van der Waals surface area contributed by atoms with E-state index < -0.39 is 0 Å². The van der Waals surface area contributed by atoms with Crippen molar-refractivity contribution in [1.82, 2.24) is 10.2 Å². The van der Waals surface area contributed by atoms with Crippen LogP contribution in [-0.2, 0) is 19.6 Å². The molecule has 0 saturated heterocycles. The summed E-state index contributed by atoms with van der Waals surface area (Å²) in [6.07, 6.45) is 1.67. The van der Waals surface area contributed by atoms with Gasteiger partial charge in [0, 0.05) is 35.7 Å². The molecule has 1 aromatic heterocycles. The van der Waals surface area contributed by atoms with Crippen LogP contribution in [0.15, 0.2) is 65.3 Å². The van der Waals surface area contributed by atoms with Crippen molar-refractivity contribution in [3.8, 4) is 0 Å². The summed E-state index contributed by atoms with van der Waals surface area (Å²) in [6, 6.07) is 16.9. The lowest BCUT2D eigenvalue weighted by Crippen LogP contribution is -2.22. The molecule has 0 bridgehead atoms. The summed E-state index contributed by atoms with van der Waals surface area (Å²) in [7, 11) is 1.62. The number of halogens is 2. The molecular weight excluding hydrogens is 383 g/mol. The summed E-state index contributed by atoms with van der Waals surface area (Å²) in [5.74, 6) is 0.781. The molecule has 1 N–H and O–H groups in total. The quantitative estimate of drug-likeness (QED) is 0.594. The van der Waals surface area contributed by atoms with E-state index >= 15 is 0 Å². The van der Waals surface area contributed by atoms with Gasteiger partial charge in [-0.05, 0) is 47.5 Å². The molecule has 4 nitrogen and oxygen atoms in total. The maximum Gasteiger partial charge on any atom is 0.251 e. The van der Waals surface area contributed by atoms with Crippen molar-refractivity contribution in [2.45, 2.75) is 19.6 Å². The van der Waals surface area contributed by atoms with Gasteiger partial charge in [0.05, 0.1) is 12.8 Å². The Bertz CT molecular complexity index is 893. The fraction of sp³-hybridized carbons (Fsp3) is 0.190. The van der Waals surface area contributed by atoms with Gasteiger partial charge in [-0.15, -0.1) is 0 Å². The zero-order valence-corrected chi connectivity index (χ0v) is 16.4. The Morgan fingerprint density at radius 1 is 1.04 bits per heavy atom. The van der Waals surface area contributed by atoms with E-state index in [2.05, 4.69) is 10.2 Å². The summed E-state index contributed by atoms with van der Waals surface area (Å²) in [4.78, 5) is 13.9. The van der Waals surface area contributed by atoms with Gasteiger partial charge in [-0.25, -0.2) is 0 Å². The summed E-state index contributed by atoms with van der Waals surface area (Å²) in [5.41, 5.74) is 2.73. The van der Waals surface area contributed by atoms with Gasteiger partial charge in [0.25, 0.3) is 5.91 Å². The molecule has 0 aliphatic carbocycles. The highest BCUT2D eigenvalue weighted by molar-refractivity contribution is 6.35. The van der Waals surface area contributed by atoms with Crippen molar-refractivity contribution in [2.24, 2.45) is 0 Å². The van der Waals surface area contributed by atoms with Crippen LogP contribution in [0.2, 0.25) is 10.0 Å². The van der Waals surface area contributed by atoms with E-state index in [9.17, 15) is 4.79 Å². The predicted molar refractivity (Wildman–Crippen MR) is 108 cm³/mol. The monoisotopic (exact) mass is 402 g/mol. The Balaban J connectivity index is 1.78. The number of nitrogens with zero attached hydrogens (tertiary/aromatic N) is 1. The molecule has 0 saturated carbocycles. The third-order valence-electron chi connectivity index (χ3n) is 4.22. The van der Waals surface area contributed by atoms with Crippen LogP contribution in [0.5, 0.6) is 0 Å². The first-order chi connectivity index (χ1) is 13.0. The number of benzene rings is 2. The molecule has 3 aromatic rings. The van der Waals surface area contributed by atoms with Crippen molar-refractivity contribution >= 4 is 29.1 Å². The van der Waals surface area contributed by atoms with Crippen LogP contribution >= 0.6 is 23.2 Å². The van der Waals surface area contributed by atoms with Crippen molar-refractivity contribution in [3.63, 3.8) is 0 Å². The lowest BCUT2D eigenvalue weighted by molar-refractivity contribution is 0.0963. The number of furan rings is 1. The number of nitrogens with one attached hydrogen (secondary N) is 1. The second kappa shape index (κ2) is 9.09. The van der Waals surface area contributed by atoms with Gasteiger partial charge in [0.15, 0.2) is 0 Å². The molecule has 140 valence electrons. The Morgan fingerprint density at radius 2 is 1.81 bits per heavy atom. The number of hydrogen-bond donors (Lipinski definition) is 1. The molecule has 0 unspecified atom stereocenters. The molecule has 0 atom stereocenters. The molecule has 0 fully saturated rings. The highest BCUT2D eigenvalue weighted by Gasteiger charge is 2.13. The second-order valence-corrected chi connectivity index (χ2v) is 7.08. The van der Waals surface area contributed by atoms with Crippen LogP contribution in [0.1, 0.15) is 27.2 Å². The van der Waals surface area contributed by atoms with E-state index in [-0.39, 0.29) is 5.91 Å². The predicted octanol–water partition coefficient (Wildman–Crippen LogP) is 5.15. The molecule has 27 heavy (non-hydrogen) atoms. The molecule has 0 radical (unpaired) electrons. The standard InChI is InChI=1S/C21H20Cl2N2O2/c1-24-21(26)16-6-4-15(5-7-16)12-25(14-19-3-2-10-27-19)13-17-8-9-18(22)11-20(17)23/h2-11H,12-14H2,1H3,(H,24,26). The summed E-state index contributed by atoms with van der Waals surface area (Å²) >= 11 is 12.4. The van der Waals surface area contributed by atoms with E-state index in [1.165, 1.54) is 0 Å². The second-order valence-electron chi connectivity index (χ2n) is 6.24. The summed E-state index contributed by atoms with van der Waals surface area (Å²) in [5, 5.41) is 3.88. The van der Waals surface area contributed by atoms with Crippen LogP contribution in [0, 0.1) is 0 Å². The minimum Gasteiger partial charge on any atom is -0.468 e. The molecule has 3 rings (SSSR count). The highest BCUT2D eigenvalue weighted by Crippen LogP contribution is 2.24. The smallest absolute Gasteiger partial charge is 0.251 e. The largest absolute Gasteiger partial charge is 0.468 e. The SMILES string of the molecule is CNC(=O)c1ccc(CN(Cc2ccco2)Cc2ccc(Cl)cc2Cl)cc1. The zero-order chi connectivity index (χ0) is 19.2. The minimum absolute atomic E-state index is 0.0954. The Labute approximate surface area is 168 Å². The molecule has 0 aliphatic rings. The Hall–Kier alpha value is -2.27. The van der Waals surface area contributed by atoms with Crippen molar-refractivity contribution < 1.29 is 9.21 Å². The third kappa shape index (κ3) is 5.36. The van der Waals surface area contributed by atoms with E-state index in [1.54, 1.807) is 19.4 Å². The molecular formula is C21H20Cl2N2O2. The van der Waals surface area contributed by atoms with Crippen LogP contribution < -0.4 is 5.32 Å². The highest BCUT2D eigenvalue weighted by atomic mass is 35.5. The Kier molecular flexibility index (Phi) is 6.56. The lowest BCUT2D eigenvalue weighted by Gasteiger charge is -2.22. The van der Waals surface area contributed by atoms with Gasteiger partial charge < -0.3 is 9.73 Å². The molecule has 6 heteroatoms. The molecule has 0 spiro atoms. The molecule has 0 aliphatic heterocycles. The number of rotatable bonds is 7. The zero-order valence-electron chi connectivity index (χ0n) is 14.9. The first-order valence-corrected chi connectivity index (χ1v) is 9.30. The maximum atomic E-state index is 11.7. The third-order valence-corrected chi connectivity index (χ3v) is 4.80. The lowest BCUT2D eigenvalue weighted by atomic mass is 10.1. The van der Waals surface area contributed by atoms with Gasteiger partial charge >= 0.3 is 0 Å². The summed E-state index contributed by atoms with van der Waals surface area (Å²) in [6.45, 7) is 1.98. The summed E-state index contributed by atoms with van der Waals surface area (Å²) < 4.78 is 5.51. The van der Waals surface area contributed by atoms with Crippen LogP contribution in [-0.4, -0.2) is 17.9 Å². The first kappa shape index (κ1) is 19.5. The topological polar surface area (TPSA) is 45.5 Å². The number of carbonyl (C=O) groups excluding carboxylic acids is 1. The van der Waals surface area contributed by atoms with E-state index in [0.717, 1.165) is 16.9 Å². The normalized spacial score (nSPS) is 11.0. The van der Waals surface area contributed by atoms with Crippen LogP contribution in [0.4, 0.5) is 0 Å². The van der Waals surface area contributed by atoms with Gasteiger partial charge in [-0.1, -0.05) is 41.4 Å². The Morgan fingerprint density at radius 3 is 2.44 bits per heavy atom. The molecule has 1 heterocycles. The average Bonchev–Trinajstić information content (AvgIpc) is 3.17. The number of carbonyl (C=O) groups is 1. The van der Waals surface area contributed by atoms with Crippen molar-refractivity contribution in [3.05, 3.63) is 93.4 Å². The molecule has 1 amide bonds. The van der Waals surface area contributed by atoms with Gasteiger partial charge in [0.2, 0.25) is 0 Å². The van der Waals surface area contributed by atoms with Gasteiger partial charge in [-0.3, -0.25) is 9.69 Å². The number of hydrogen-bond acceptors (Lipinski definition) is 3. The first-order valence-electron chi connectivity index (χ1n) is 8.55. The van der Waals surface area contributed by atoms with Gasteiger partial charge in [-0.2, -0.15) is 0 Å². The van der Waals surface area contributed by atoms with Gasteiger partial charge in [0.1, 0.15) is 5.76 Å². The van der Waals surface area contributed by atoms with E-state index in [1.807, 2.05) is 48.5 Å². The van der Waals surface area contributed by atoms with E-state index in [0.29, 0.717) is 35.2 Å². The average molecular weight is 403 g/mol. The van der Waals surface area contributed by atoms with Crippen molar-refractivity contribution in [1.29, 1.82) is 0 Å². The van der Waals surface area contributed by atoms with E-state index in [4.69, 9.17) is 27.6 Å². The molecule has 2 aromatic carbocycles. The minimum atomic E-state index is -0.0954. The van der Waals surface area contributed by atoms with Crippen LogP contribution in [0.25, 0.3) is 0 Å². The van der Waals surface area contributed by atoms with Crippen molar-refractivity contribution in [2.75, 3.05) is 7.05 Å². The van der Waals surface area contributed by atoms with Crippen LogP contribution in [0.3, 0.4) is 0 Å². The fourth-order valence-electron chi connectivity index (χ4n) is 2.85. The maximum absolute atomic E-state index is 11.7. The number of amides is 1.